The van der Waals surface area contributed by atoms with E-state index in [0.29, 0.717) is 11.4 Å². The highest BCUT2D eigenvalue weighted by Gasteiger charge is 2.14. The van der Waals surface area contributed by atoms with E-state index in [1.807, 2.05) is 0 Å². The second kappa shape index (κ2) is 5.65. The van der Waals surface area contributed by atoms with Gasteiger partial charge in [-0.15, -0.1) is 0 Å². The van der Waals surface area contributed by atoms with E-state index in [4.69, 9.17) is 18.0 Å². The minimum Gasteiger partial charge on any atom is -0.389 e. The molecule has 0 fully saturated rings. The van der Waals surface area contributed by atoms with Crippen LogP contribution in [0.15, 0.2) is 35.5 Å². The van der Waals surface area contributed by atoms with Gasteiger partial charge in [-0.2, -0.15) is 5.10 Å². The summed E-state index contributed by atoms with van der Waals surface area (Å²) in [7, 11) is -1.91. The Bertz CT molecular complexity index is 722. The predicted molar refractivity (Wildman–Crippen MR) is 77.4 cm³/mol. The lowest BCUT2D eigenvalue weighted by atomic mass is 10.2. The number of nitrogens with zero attached hydrogens (tertiary/aromatic N) is 3. The average molecular weight is 311 g/mol. The summed E-state index contributed by atoms with van der Waals surface area (Å²) in [5, 5.41) is 3.99. The highest BCUT2D eigenvalue weighted by atomic mass is 32.2. The Morgan fingerprint density at radius 2 is 2.05 bits per heavy atom. The summed E-state index contributed by atoms with van der Waals surface area (Å²) in [5.74, 6) is 0.399. The highest BCUT2D eigenvalue weighted by molar-refractivity contribution is 7.89. The van der Waals surface area contributed by atoms with Gasteiger partial charge >= 0.3 is 0 Å². The minimum absolute atomic E-state index is 0.0280. The van der Waals surface area contributed by atoms with Crippen molar-refractivity contribution in [1.82, 2.24) is 19.5 Å². The van der Waals surface area contributed by atoms with Gasteiger partial charge < -0.3 is 5.73 Å². The van der Waals surface area contributed by atoms with Gasteiger partial charge in [0.1, 0.15) is 11.3 Å². The molecular formula is C11H13N5O2S2. The van der Waals surface area contributed by atoms with Gasteiger partial charge in [0.15, 0.2) is 5.82 Å². The van der Waals surface area contributed by atoms with Gasteiger partial charge in [-0.05, 0) is 12.1 Å². The predicted octanol–water partition coefficient (Wildman–Crippen LogP) is -0.0722. The summed E-state index contributed by atoms with van der Waals surface area (Å²) >= 11 is 4.81. The lowest BCUT2D eigenvalue weighted by molar-refractivity contribution is 0.578. The van der Waals surface area contributed by atoms with Gasteiger partial charge in [0.2, 0.25) is 10.0 Å². The van der Waals surface area contributed by atoms with Crippen LogP contribution < -0.4 is 10.5 Å². The Morgan fingerprint density at radius 1 is 1.40 bits per heavy atom. The average Bonchev–Trinajstić information content (AvgIpc) is 2.82. The number of aromatic nitrogens is 3. The normalized spacial score (nSPS) is 11.4. The van der Waals surface area contributed by atoms with E-state index in [1.54, 1.807) is 19.2 Å². The molecule has 0 saturated carbocycles. The molecule has 0 spiro atoms. The van der Waals surface area contributed by atoms with Crippen molar-refractivity contribution in [1.29, 1.82) is 0 Å². The van der Waals surface area contributed by atoms with Crippen molar-refractivity contribution in [3.05, 3.63) is 42.0 Å². The number of benzene rings is 1. The van der Waals surface area contributed by atoms with E-state index in [1.165, 1.54) is 23.1 Å². The van der Waals surface area contributed by atoms with Crippen LogP contribution in [0, 0.1) is 0 Å². The molecule has 0 unspecified atom stereocenters. The first kappa shape index (κ1) is 14.6. The van der Waals surface area contributed by atoms with Crippen LogP contribution in [0.3, 0.4) is 0 Å². The number of hydrogen-bond donors (Lipinski definition) is 2. The molecule has 7 nitrogen and oxygen atoms in total. The summed E-state index contributed by atoms with van der Waals surface area (Å²) in [6.07, 6.45) is 1.50. The number of sulfonamides is 1. The van der Waals surface area contributed by atoms with Crippen LogP contribution in [0.25, 0.3) is 0 Å². The van der Waals surface area contributed by atoms with Gasteiger partial charge in [-0.1, -0.05) is 24.4 Å². The SMILES string of the molecule is Cn1cnc(CNS(=O)(=O)c2ccc(C(N)=S)cc2)n1. The number of aryl methyl sites for hydroxylation is 1. The number of nitrogens with one attached hydrogen (secondary N) is 1. The van der Waals surface area contributed by atoms with E-state index in [9.17, 15) is 8.42 Å². The third-order valence-corrected chi connectivity index (χ3v) is 4.17. The zero-order chi connectivity index (χ0) is 14.8. The topological polar surface area (TPSA) is 103 Å². The molecule has 0 radical (unpaired) electrons. The van der Waals surface area contributed by atoms with Crippen LogP contribution in [-0.2, 0) is 23.6 Å². The standard InChI is InChI=1S/C11H13N5O2S2/c1-16-7-13-10(15-16)6-14-20(17,18)9-4-2-8(3-5-9)11(12)19/h2-5,7,14H,6H2,1H3,(H2,12,19). The second-order valence-corrected chi connectivity index (χ2v) is 6.25. The number of hydrogen-bond acceptors (Lipinski definition) is 5. The van der Waals surface area contributed by atoms with Gasteiger partial charge in [0.05, 0.1) is 11.4 Å². The van der Waals surface area contributed by atoms with Crippen LogP contribution in [0.2, 0.25) is 0 Å². The van der Waals surface area contributed by atoms with E-state index in [0.717, 1.165) is 0 Å². The third kappa shape index (κ3) is 3.38. The highest BCUT2D eigenvalue weighted by Crippen LogP contribution is 2.10. The van der Waals surface area contributed by atoms with Gasteiger partial charge in [0, 0.05) is 12.6 Å². The molecule has 3 N–H and O–H groups in total. The zero-order valence-corrected chi connectivity index (χ0v) is 12.3. The Morgan fingerprint density at radius 3 is 2.55 bits per heavy atom. The van der Waals surface area contributed by atoms with E-state index in [2.05, 4.69) is 14.8 Å². The molecule has 0 aliphatic rings. The Hall–Kier alpha value is -1.84. The summed E-state index contributed by atoms with van der Waals surface area (Å²) in [4.78, 5) is 4.30. The molecule has 0 aliphatic carbocycles. The van der Waals surface area contributed by atoms with E-state index < -0.39 is 10.0 Å². The lowest BCUT2D eigenvalue weighted by Crippen LogP contribution is -2.24. The zero-order valence-electron chi connectivity index (χ0n) is 10.6. The molecule has 2 rings (SSSR count). The fourth-order valence-electron chi connectivity index (χ4n) is 1.51. The van der Waals surface area contributed by atoms with E-state index >= 15 is 0 Å². The molecule has 2 aromatic rings. The molecule has 1 aromatic heterocycles. The van der Waals surface area contributed by atoms with Crippen molar-refractivity contribution in [2.45, 2.75) is 11.4 Å². The quantitative estimate of drug-likeness (QED) is 0.749. The van der Waals surface area contributed by atoms with Crippen LogP contribution in [-0.4, -0.2) is 28.2 Å². The summed E-state index contributed by atoms with van der Waals surface area (Å²) in [5.41, 5.74) is 6.07. The molecule has 0 atom stereocenters. The maximum absolute atomic E-state index is 12.1. The Balaban J connectivity index is 2.11. The fourth-order valence-corrected chi connectivity index (χ4v) is 2.62. The number of nitrogens with two attached hydrogens (primary N) is 1. The van der Waals surface area contributed by atoms with Crippen molar-refractivity contribution in [3.63, 3.8) is 0 Å². The lowest BCUT2D eigenvalue weighted by Gasteiger charge is -2.05. The van der Waals surface area contributed by atoms with Crippen LogP contribution >= 0.6 is 12.2 Å². The Kier molecular flexibility index (Phi) is 4.12. The number of rotatable bonds is 5. The van der Waals surface area contributed by atoms with Crippen molar-refractivity contribution in [3.8, 4) is 0 Å². The van der Waals surface area contributed by atoms with Gasteiger partial charge in [0.25, 0.3) is 0 Å². The van der Waals surface area contributed by atoms with Crippen LogP contribution in [0.5, 0.6) is 0 Å². The summed E-state index contributed by atoms with van der Waals surface area (Å²) in [6, 6.07) is 6.02. The molecule has 0 amide bonds. The molecular weight excluding hydrogens is 298 g/mol. The van der Waals surface area contributed by atoms with Crippen molar-refractivity contribution in [2.24, 2.45) is 12.8 Å². The third-order valence-electron chi connectivity index (χ3n) is 2.52. The molecule has 20 heavy (non-hydrogen) atoms. The monoisotopic (exact) mass is 311 g/mol. The van der Waals surface area contributed by atoms with Crippen LogP contribution in [0.4, 0.5) is 0 Å². The minimum atomic E-state index is -3.62. The van der Waals surface area contributed by atoms with Crippen molar-refractivity contribution >= 4 is 27.2 Å². The van der Waals surface area contributed by atoms with Gasteiger partial charge in [-0.25, -0.2) is 18.1 Å². The first-order valence-electron chi connectivity index (χ1n) is 5.62. The van der Waals surface area contributed by atoms with Gasteiger partial charge in [-0.3, -0.25) is 4.68 Å². The summed E-state index contributed by atoms with van der Waals surface area (Å²) in [6.45, 7) is 0.0280. The van der Waals surface area contributed by atoms with Crippen molar-refractivity contribution < 1.29 is 8.42 Å². The summed E-state index contributed by atoms with van der Waals surface area (Å²) < 4.78 is 28.0. The fraction of sp³-hybridized carbons (Fsp3) is 0.182. The maximum Gasteiger partial charge on any atom is 0.240 e. The smallest absolute Gasteiger partial charge is 0.240 e. The molecule has 1 aromatic carbocycles. The van der Waals surface area contributed by atoms with Crippen LogP contribution in [0.1, 0.15) is 11.4 Å². The second-order valence-electron chi connectivity index (χ2n) is 4.05. The molecule has 106 valence electrons. The Labute approximate surface area is 121 Å². The molecule has 0 aliphatic heterocycles. The molecule has 0 saturated heterocycles. The number of thiocarbonyl (C=S) groups is 1. The molecule has 9 heteroatoms. The van der Waals surface area contributed by atoms with E-state index in [-0.39, 0.29) is 16.4 Å². The largest absolute Gasteiger partial charge is 0.389 e. The molecule has 1 heterocycles. The van der Waals surface area contributed by atoms with Crippen molar-refractivity contribution in [2.75, 3.05) is 0 Å². The first-order valence-corrected chi connectivity index (χ1v) is 7.52. The molecule has 0 bridgehead atoms. The first-order chi connectivity index (χ1) is 9.38. The maximum atomic E-state index is 12.1.